The highest BCUT2D eigenvalue weighted by atomic mass is 16.5. The van der Waals surface area contributed by atoms with Crippen molar-refractivity contribution in [1.29, 1.82) is 0 Å². The largest absolute Gasteiger partial charge is 0.493 e. The lowest BCUT2D eigenvalue weighted by Gasteiger charge is -2.35. The molecule has 35 heavy (non-hydrogen) atoms. The molecule has 1 aliphatic heterocycles. The second kappa shape index (κ2) is 10.6. The molecule has 0 N–H and O–H groups in total. The summed E-state index contributed by atoms with van der Waals surface area (Å²) in [5.74, 6) is 2.32. The minimum Gasteiger partial charge on any atom is -0.493 e. The minimum absolute atomic E-state index is 0.110. The first kappa shape index (κ1) is 22.9. The summed E-state index contributed by atoms with van der Waals surface area (Å²) in [6, 6.07) is 25.0. The Bertz CT molecular complexity index is 1280. The summed E-state index contributed by atoms with van der Waals surface area (Å²) in [7, 11) is 1.66. The number of hydrogen-bond acceptors (Lipinski definition) is 6. The summed E-state index contributed by atoms with van der Waals surface area (Å²) < 4.78 is 12.8. The van der Waals surface area contributed by atoms with E-state index in [1.54, 1.807) is 11.8 Å². The predicted octanol–water partition coefficient (Wildman–Crippen LogP) is 4.32. The van der Waals surface area contributed by atoms with Gasteiger partial charge in [0.05, 0.1) is 19.2 Å². The smallest absolute Gasteiger partial charge is 0.278 e. The normalized spacial score (nSPS) is 14.3. The van der Waals surface area contributed by atoms with Crippen LogP contribution in [0, 0.1) is 0 Å². The average Bonchev–Trinajstić information content (AvgIpc) is 3.31. The van der Waals surface area contributed by atoms with Crippen LogP contribution >= 0.6 is 0 Å². The van der Waals surface area contributed by atoms with E-state index in [1.165, 1.54) is 0 Å². The van der Waals surface area contributed by atoms with E-state index in [2.05, 4.69) is 9.80 Å². The van der Waals surface area contributed by atoms with Crippen LogP contribution in [0.4, 0.5) is 5.82 Å². The summed E-state index contributed by atoms with van der Waals surface area (Å²) >= 11 is 0. The Morgan fingerprint density at radius 3 is 2.31 bits per heavy atom. The number of para-hydroxylation sites is 3. The number of carbonyl (C=O) groups excluding carboxylic acids is 1. The van der Waals surface area contributed by atoms with Crippen molar-refractivity contribution in [1.82, 2.24) is 14.7 Å². The third kappa shape index (κ3) is 5.00. The van der Waals surface area contributed by atoms with Gasteiger partial charge in [0.15, 0.2) is 17.3 Å². The molecule has 2 heterocycles. The number of ether oxygens (including phenoxy) is 2. The zero-order valence-corrected chi connectivity index (χ0v) is 20.0. The maximum Gasteiger partial charge on any atom is 0.278 e. The van der Waals surface area contributed by atoms with E-state index >= 15 is 0 Å². The number of hydrogen-bond donors (Lipinski definition) is 0. The fraction of sp³-hybridized carbons (Fsp3) is 0.286. The molecule has 0 atom stereocenters. The highest BCUT2D eigenvalue weighted by Crippen LogP contribution is 2.28. The van der Waals surface area contributed by atoms with Crippen LogP contribution in [0.1, 0.15) is 16.8 Å². The first-order valence-corrected chi connectivity index (χ1v) is 12.1. The molecular weight excluding hydrogens is 440 g/mol. The SMILES string of the molecule is COc1ccccc1OCCCN1CCN(c2nn(C(=O)c3ccccc3)c3ccccc23)CC1. The second-order valence-electron chi connectivity index (χ2n) is 8.61. The lowest BCUT2D eigenvalue weighted by Crippen LogP contribution is -2.47. The van der Waals surface area contributed by atoms with Crippen LogP contribution < -0.4 is 14.4 Å². The van der Waals surface area contributed by atoms with Gasteiger partial charge in [-0.15, -0.1) is 5.10 Å². The molecule has 0 aliphatic carbocycles. The molecule has 7 nitrogen and oxygen atoms in total. The summed E-state index contributed by atoms with van der Waals surface area (Å²) in [5.41, 5.74) is 1.47. The Kier molecular flexibility index (Phi) is 6.95. The van der Waals surface area contributed by atoms with Gasteiger partial charge in [-0.05, 0) is 42.8 Å². The number of carbonyl (C=O) groups is 1. The summed E-state index contributed by atoms with van der Waals surface area (Å²) in [5, 5.41) is 5.79. The van der Waals surface area contributed by atoms with Crippen LogP contribution in [0.25, 0.3) is 10.9 Å². The van der Waals surface area contributed by atoms with Gasteiger partial charge in [-0.2, -0.15) is 4.68 Å². The number of rotatable bonds is 8. The molecule has 1 fully saturated rings. The molecule has 180 valence electrons. The molecular formula is C28H30N4O3. The highest BCUT2D eigenvalue weighted by molar-refractivity contribution is 6.03. The van der Waals surface area contributed by atoms with Crippen LogP contribution in [-0.2, 0) is 0 Å². The van der Waals surface area contributed by atoms with E-state index in [4.69, 9.17) is 14.6 Å². The molecule has 4 aromatic rings. The number of benzene rings is 3. The number of anilines is 1. The number of nitrogens with zero attached hydrogens (tertiary/aromatic N) is 4. The van der Waals surface area contributed by atoms with Crippen LogP contribution in [-0.4, -0.2) is 67.0 Å². The Hall–Kier alpha value is -3.84. The predicted molar refractivity (Wildman–Crippen MR) is 138 cm³/mol. The van der Waals surface area contributed by atoms with Gasteiger partial charge in [-0.1, -0.05) is 42.5 Å². The van der Waals surface area contributed by atoms with Crippen LogP contribution in [0.2, 0.25) is 0 Å². The number of piperazine rings is 1. The van der Waals surface area contributed by atoms with Gasteiger partial charge in [0, 0.05) is 43.7 Å². The summed E-state index contributed by atoms with van der Waals surface area (Å²) in [6.45, 7) is 5.26. The Labute approximate surface area is 205 Å². The first-order valence-electron chi connectivity index (χ1n) is 12.1. The highest BCUT2D eigenvalue weighted by Gasteiger charge is 2.24. The van der Waals surface area contributed by atoms with Gasteiger partial charge in [-0.25, -0.2) is 0 Å². The van der Waals surface area contributed by atoms with Crippen LogP contribution in [0.15, 0.2) is 78.9 Å². The molecule has 3 aromatic carbocycles. The molecule has 0 spiro atoms. The number of aromatic nitrogens is 2. The Morgan fingerprint density at radius 2 is 1.54 bits per heavy atom. The van der Waals surface area contributed by atoms with Crippen molar-refractivity contribution in [3.63, 3.8) is 0 Å². The van der Waals surface area contributed by atoms with Gasteiger partial charge in [0.2, 0.25) is 0 Å². The molecule has 1 aliphatic rings. The second-order valence-corrected chi connectivity index (χ2v) is 8.61. The summed E-state index contributed by atoms with van der Waals surface area (Å²) in [4.78, 5) is 17.9. The monoisotopic (exact) mass is 470 g/mol. The molecule has 7 heteroatoms. The van der Waals surface area contributed by atoms with Crippen LogP contribution in [0.5, 0.6) is 11.5 Å². The fourth-order valence-electron chi connectivity index (χ4n) is 4.53. The van der Waals surface area contributed by atoms with Crippen molar-refractivity contribution in [2.45, 2.75) is 6.42 Å². The maximum absolute atomic E-state index is 13.2. The van der Waals surface area contributed by atoms with E-state index in [0.717, 1.165) is 67.4 Å². The number of methoxy groups -OCH3 is 1. The standard InChI is InChI=1S/C28H30N4O3/c1-34-25-14-7-8-15-26(25)35-21-9-16-30-17-19-31(20-18-30)27-23-12-5-6-13-24(23)32(29-27)28(33)22-10-3-2-4-11-22/h2-8,10-15H,9,16-21H2,1H3. The zero-order chi connectivity index (χ0) is 24.0. The molecule has 5 rings (SSSR count). The molecule has 0 bridgehead atoms. The van der Waals surface area contributed by atoms with Crippen LogP contribution in [0.3, 0.4) is 0 Å². The number of fused-ring (bicyclic) bond motifs is 1. The van der Waals surface area contributed by atoms with E-state index in [-0.39, 0.29) is 5.91 Å². The van der Waals surface area contributed by atoms with Crippen molar-refractivity contribution in [3.05, 3.63) is 84.4 Å². The third-order valence-electron chi connectivity index (χ3n) is 6.40. The molecule has 0 radical (unpaired) electrons. The molecule has 0 saturated carbocycles. The van der Waals surface area contributed by atoms with Crippen molar-refractivity contribution in [2.24, 2.45) is 0 Å². The molecule has 1 saturated heterocycles. The average molecular weight is 471 g/mol. The lowest BCUT2D eigenvalue weighted by molar-refractivity contribution is 0.0950. The van der Waals surface area contributed by atoms with Crippen molar-refractivity contribution in [3.8, 4) is 11.5 Å². The van der Waals surface area contributed by atoms with E-state index in [9.17, 15) is 4.79 Å². The van der Waals surface area contributed by atoms with E-state index in [0.29, 0.717) is 12.2 Å². The maximum atomic E-state index is 13.2. The fourth-order valence-corrected chi connectivity index (χ4v) is 4.53. The Balaban J connectivity index is 1.20. The minimum atomic E-state index is -0.110. The van der Waals surface area contributed by atoms with Crippen molar-refractivity contribution in [2.75, 3.05) is 51.3 Å². The molecule has 1 aromatic heterocycles. The van der Waals surface area contributed by atoms with Gasteiger partial charge < -0.3 is 14.4 Å². The first-order chi connectivity index (χ1) is 17.2. The van der Waals surface area contributed by atoms with E-state index in [1.807, 2.05) is 78.9 Å². The van der Waals surface area contributed by atoms with Crippen molar-refractivity contribution < 1.29 is 14.3 Å². The van der Waals surface area contributed by atoms with Gasteiger partial charge in [-0.3, -0.25) is 9.69 Å². The van der Waals surface area contributed by atoms with Gasteiger partial charge in [0.1, 0.15) is 0 Å². The van der Waals surface area contributed by atoms with Crippen molar-refractivity contribution >= 4 is 22.6 Å². The lowest BCUT2D eigenvalue weighted by atomic mass is 10.2. The Morgan fingerprint density at radius 1 is 0.857 bits per heavy atom. The molecule has 0 unspecified atom stereocenters. The van der Waals surface area contributed by atoms with Gasteiger partial charge in [0.25, 0.3) is 5.91 Å². The van der Waals surface area contributed by atoms with E-state index < -0.39 is 0 Å². The topological polar surface area (TPSA) is 59.8 Å². The summed E-state index contributed by atoms with van der Waals surface area (Å²) in [6.07, 6.45) is 0.946. The quantitative estimate of drug-likeness (QED) is 0.358. The third-order valence-corrected chi connectivity index (χ3v) is 6.40. The molecule has 0 amide bonds. The van der Waals surface area contributed by atoms with Gasteiger partial charge >= 0.3 is 0 Å². The zero-order valence-electron chi connectivity index (χ0n) is 20.0.